The Morgan fingerprint density at radius 2 is 1.91 bits per heavy atom. The second-order valence-electron chi connectivity index (χ2n) is 8.36. The van der Waals surface area contributed by atoms with Crippen LogP contribution in [0.15, 0.2) is 48.8 Å². The lowest BCUT2D eigenvalue weighted by Crippen LogP contribution is -2.34. The summed E-state index contributed by atoms with van der Waals surface area (Å²) in [6.07, 6.45) is 4.15. The molecule has 3 aromatic rings. The number of amides is 1. The molecule has 2 aromatic heterocycles. The van der Waals surface area contributed by atoms with Gasteiger partial charge in [-0.25, -0.2) is 15.0 Å². The molecular formula is C25H27F2N5O3. The maximum atomic E-state index is 13.2. The molecule has 10 heteroatoms. The number of halogens is 2. The van der Waals surface area contributed by atoms with Gasteiger partial charge in [-0.2, -0.15) is 8.78 Å². The van der Waals surface area contributed by atoms with Crippen molar-refractivity contribution < 1.29 is 23.0 Å². The number of nitrogens with one attached hydrogen (secondary N) is 1. The summed E-state index contributed by atoms with van der Waals surface area (Å²) in [4.78, 5) is 28.1. The van der Waals surface area contributed by atoms with Crippen LogP contribution in [0.2, 0.25) is 0 Å². The fourth-order valence-corrected chi connectivity index (χ4v) is 4.15. The van der Waals surface area contributed by atoms with Crippen LogP contribution in [0.3, 0.4) is 0 Å². The van der Waals surface area contributed by atoms with Crippen molar-refractivity contribution in [2.75, 3.05) is 25.5 Å². The molecule has 0 radical (unpaired) electrons. The SMILES string of the molecule is COc1cc(OC(F)F)cc([C@H](C)C(=O)N2CC[C@H](Nc3ccc(-c4ncccn4)c(C)n3)C2)c1. The number of hydrogen-bond acceptors (Lipinski definition) is 7. The van der Waals surface area contributed by atoms with Crippen LogP contribution in [0, 0.1) is 6.92 Å². The summed E-state index contributed by atoms with van der Waals surface area (Å²) in [5.41, 5.74) is 2.22. The van der Waals surface area contributed by atoms with E-state index >= 15 is 0 Å². The molecule has 1 aromatic carbocycles. The zero-order valence-electron chi connectivity index (χ0n) is 19.7. The molecule has 0 bridgehead atoms. The molecule has 1 aliphatic rings. The molecule has 1 aliphatic heterocycles. The maximum Gasteiger partial charge on any atom is 0.387 e. The van der Waals surface area contributed by atoms with Crippen molar-refractivity contribution >= 4 is 11.7 Å². The number of pyridine rings is 1. The van der Waals surface area contributed by atoms with Crippen molar-refractivity contribution in [2.24, 2.45) is 0 Å². The number of hydrogen-bond donors (Lipinski definition) is 1. The Labute approximate surface area is 202 Å². The van der Waals surface area contributed by atoms with Crippen LogP contribution < -0.4 is 14.8 Å². The number of anilines is 1. The third kappa shape index (κ3) is 5.82. The number of aromatic nitrogens is 3. The van der Waals surface area contributed by atoms with E-state index in [1.54, 1.807) is 36.4 Å². The zero-order valence-corrected chi connectivity index (χ0v) is 19.7. The number of aryl methyl sites for hydroxylation is 1. The first kappa shape index (κ1) is 24.3. The fourth-order valence-electron chi connectivity index (χ4n) is 4.15. The van der Waals surface area contributed by atoms with Gasteiger partial charge in [-0.3, -0.25) is 4.79 Å². The highest BCUT2D eigenvalue weighted by atomic mass is 19.3. The Hall–Kier alpha value is -3.82. The van der Waals surface area contributed by atoms with E-state index in [1.165, 1.54) is 19.2 Å². The highest BCUT2D eigenvalue weighted by Crippen LogP contribution is 2.30. The summed E-state index contributed by atoms with van der Waals surface area (Å²) in [5.74, 6) is 1.01. The third-order valence-electron chi connectivity index (χ3n) is 5.98. The van der Waals surface area contributed by atoms with Crippen LogP contribution in [0.5, 0.6) is 11.5 Å². The van der Waals surface area contributed by atoms with Gasteiger partial charge in [-0.1, -0.05) is 0 Å². The minimum absolute atomic E-state index is 0.0410. The molecule has 1 fully saturated rings. The lowest BCUT2D eigenvalue weighted by Gasteiger charge is -2.22. The van der Waals surface area contributed by atoms with Crippen molar-refractivity contribution in [3.05, 3.63) is 60.0 Å². The van der Waals surface area contributed by atoms with Crippen LogP contribution >= 0.6 is 0 Å². The summed E-state index contributed by atoms with van der Waals surface area (Å²) in [6.45, 7) is 1.79. The van der Waals surface area contributed by atoms with Crippen LogP contribution in [0.4, 0.5) is 14.6 Å². The normalized spacial score (nSPS) is 16.3. The molecule has 184 valence electrons. The van der Waals surface area contributed by atoms with Gasteiger partial charge in [0.2, 0.25) is 5.91 Å². The quantitative estimate of drug-likeness (QED) is 0.512. The monoisotopic (exact) mass is 483 g/mol. The number of rotatable bonds is 8. The van der Waals surface area contributed by atoms with Gasteiger partial charge in [0.25, 0.3) is 0 Å². The first-order valence-electron chi connectivity index (χ1n) is 11.3. The number of methoxy groups -OCH3 is 1. The topological polar surface area (TPSA) is 89.5 Å². The van der Waals surface area contributed by atoms with Crippen LogP contribution in [-0.4, -0.2) is 58.6 Å². The minimum Gasteiger partial charge on any atom is -0.497 e. The predicted octanol–water partition coefficient (Wildman–Crippen LogP) is 4.27. The van der Waals surface area contributed by atoms with E-state index in [2.05, 4.69) is 25.0 Å². The molecular weight excluding hydrogens is 456 g/mol. The van der Waals surface area contributed by atoms with E-state index in [0.717, 1.165) is 23.5 Å². The third-order valence-corrected chi connectivity index (χ3v) is 5.98. The molecule has 1 saturated heterocycles. The number of ether oxygens (including phenoxy) is 2. The number of carbonyl (C=O) groups excluding carboxylic acids is 1. The highest BCUT2D eigenvalue weighted by molar-refractivity contribution is 5.84. The van der Waals surface area contributed by atoms with Crippen molar-refractivity contribution in [1.82, 2.24) is 19.9 Å². The molecule has 8 nitrogen and oxygen atoms in total. The molecule has 0 spiro atoms. The highest BCUT2D eigenvalue weighted by Gasteiger charge is 2.30. The van der Waals surface area contributed by atoms with E-state index in [4.69, 9.17) is 4.74 Å². The van der Waals surface area contributed by atoms with Gasteiger partial charge in [-0.05, 0) is 56.2 Å². The van der Waals surface area contributed by atoms with Crippen molar-refractivity contribution in [2.45, 2.75) is 38.8 Å². The van der Waals surface area contributed by atoms with Gasteiger partial charge < -0.3 is 19.7 Å². The zero-order chi connectivity index (χ0) is 24.9. The Bertz CT molecular complexity index is 1180. The lowest BCUT2D eigenvalue weighted by atomic mass is 9.99. The van der Waals surface area contributed by atoms with Gasteiger partial charge >= 0.3 is 6.61 Å². The van der Waals surface area contributed by atoms with Crippen molar-refractivity contribution in [3.8, 4) is 22.9 Å². The molecule has 1 N–H and O–H groups in total. The molecule has 3 heterocycles. The summed E-state index contributed by atoms with van der Waals surface area (Å²) >= 11 is 0. The molecule has 1 amide bonds. The lowest BCUT2D eigenvalue weighted by molar-refractivity contribution is -0.131. The van der Waals surface area contributed by atoms with E-state index < -0.39 is 12.5 Å². The minimum atomic E-state index is -2.96. The number of nitrogens with zero attached hydrogens (tertiary/aromatic N) is 4. The van der Waals surface area contributed by atoms with E-state index in [9.17, 15) is 13.6 Å². The Morgan fingerprint density at radius 3 is 2.60 bits per heavy atom. The summed E-state index contributed by atoms with van der Waals surface area (Å²) in [7, 11) is 1.43. The standard InChI is InChI=1S/C25H27F2N5O3/c1-15(17-11-19(34-3)13-20(12-17)35-25(26)27)24(33)32-10-7-18(14-32)31-22-6-5-21(16(2)30-22)23-28-8-4-9-29-23/h4-6,8-9,11-13,15,18,25H,7,10,14H2,1-3H3,(H,30,31)/t15-,18-/m0/s1. The first-order chi connectivity index (χ1) is 16.8. The van der Waals surface area contributed by atoms with Gasteiger partial charge in [-0.15, -0.1) is 0 Å². The van der Waals surface area contributed by atoms with E-state index in [1.807, 2.05) is 19.1 Å². The molecule has 0 aliphatic carbocycles. The van der Waals surface area contributed by atoms with Crippen molar-refractivity contribution in [3.63, 3.8) is 0 Å². The fraction of sp³-hybridized carbons (Fsp3) is 0.360. The summed E-state index contributed by atoms with van der Waals surface area (Å²) < 4.78 is 35.1. The second-order valence-corrected chi connectivity index (χ2v) is 8.36. The molecule has 4 rings (SSSR count). The Morgan fingerprint density at radius 1 is 1.17 bits per heavy atom. The van der Waals surface area contributed by atoms with Crippen molar-refractivity contribution in [1.29, 1.82) is 0 Å². The van der Waals surface area contributed by atoms with Crippen LogP contribution in [-0.2, 0) is 4.79 Å². The second kappa shape index (κ2) is 10.6. The Balaban J connectivity index is 1.40. The summed E-state index contributed by atoms with van der Waals surface area (Å²) in [6, 6.07) is 10.1. The first-order valence-corrected chi connectivity index (χ1v) is 11.3. The largest absolute Gasteiger partial charge is 0.497 e. The number of likely N-dealkylation sites (tertiary alicyclic amines) is 1. The van der Waals surface area contributed by atoms with Crippen LogP contribution in [0.1, 0.15) is 30.5 Å². The average molecular weight is 484 g/mol. The predicted molar refractivity (Wildman–Crippen MR) is 127 cm³/mol. The summed E-state index contributed by atoms with van der Waals surface area (Å²) in [5, 5.41) is 3.40. The molecule has 2 atom stereocenters. The average Bonchev–Trinajstić information content (AvgIpc) is 3.31. The molecule has 0 unspecified atom stereocenters. The van der Waals surface area contributed by atoms with E-state index in [0.29, 0.717) is 30.2 Å². The van der Waals surface area contributed by atoms with Gasteiger partial charge in [0.05, 0.1) is 18.7 Å². The van der Waals surface area contributed by atoms with E-state index in [-0.39, 0.29) is 17.7 Å². The number of carbonyl (C=O) groups is 1. The van der Waals surface area contributed by atoms with Crippen LogP contribution in [0.25, 0.3) is 11.4 Å². The number of benzene rings is 1. The Kier molecular flexibility index (Phi) is 7.38. The molecule has 35 heavy (non-hydrogen) atoms. The number of alkyl halides is 2. The maximum absolute atomic E-state index is 13.2. The van der Waals surface area contributed by atoms with Gasteiger partial charge in [0.1, 0.15) is 17.3 Å². The van der Waals surface area contributed by atoms with Gasteiger partial charge in [0.15, 0.2) is 5.82 Å². The smallest absolute Gasteiger partial charge is 0.387 e. The molecule has 0 saturated carbocycles. The van der Waals surface area contributed by atoms with Gasteiger partial charge in [0, 0.05) is 43.2 Å².